The van der Waals surface area contributed by atoms with E-state index in [0.717, 1.165) is 22.3 Å². The third-order valence-corrected chi connectivity index (χ3v) is 6.08. The first-order chi connectivity index (χ1) is 15.0. The molecule has 0 radical (unpaired) electrons. The zero-order valence-electron chi connectivity index (χ0n) is 17.4. The Kier molecular flexibility index (Phi) is 6.10. The van der Waals surface area contributed by atoms with Crippen LogP contribution in [0.4, 0.5) is 0 Å². The maximum absolute atomic E-state index is 13.0. The minimum Gasteiger partial charge on any atom is -0.459 e. The average Bonchev–Trinajstić information content (AvgIpc) is 2.78. The van der Waals surface area contributed by atoms with E-state index in [-0.39, 0.29) is 24.9 Å². The molecule has 0 aliphatic carbocycles. The number of carbonyl (C=O) groups excluding carboxylic acids is 2. The van der Waals surface area contributed by atoms with Gasteiger partial charge in [0.15, 0.2) is 0 Å². The number of rotatable bonds is 6. The Labute approximate surface area is 187 Å². The first-order valence-electron chi connectivity index (χ1n) is 10.3. The summed E-state index contributed by atoms with van der Waals surface area (Å²) >= 11 is 5.89. The Morgan fingerprint density at radius 1 is 0.935 bits per heavy atom. The second-order valence-corrected chi connectivity index (χ2v) is 8.45. The molecule has 1 unspecified atom stereocenters. The molecule has 1 heterocycles. The SMILES string of the molecule is CC1(C(=O)OCc2ccc(Cl)cc2)CCN1C(=O)Cc1cccc(-c2ccccc2)c1. The topological polar surface area (TPSA) is 46.6 Å². The standard InChI is InChI=1S/C26H24ClNO3/c1-26(25(30)31-18-19-10-12-23(27)13-11-19)14-15-28(26)24(29)17-20-6-5-9-22(16-20)21-7-3-2-4-8-21/h2-13,16H,14-15,17-18H2,1H3. The average molecular weight is 434 g/mol. The number of nitrogens with zero attached hydrogens (tertiary/aromatic N) is 1. The van der Waals surface area contributed by atoms with Gasteiger partial charge in [0.2, 0.25) is 5.91 Å². The number of likely N-dealkylation sites (tertiary alicyclic amines) is 1. The molecule has 3 aromatic rings. The van der Waals surface area contributed by atoms with Crippen LogP contribution in [0.1, 0.15) is 24.5 Å². The van der Waals surface area contributed by atoms with Gasteiger partial charge in [-0.3, -0.25) is 4.79 Å². The first kappa shape index (κ1) is 21.1. The number of ether oxygens (including phenoxy) is 1. The van der Waals surface area contributed by atoms with Crippen LogP contribution in [-0.2, 0) is 27.4 Å². The normalized spacial score (nSPS) is 17.7. The van der Waals surface area contributed by atoms with Gasteiger partial charge in [0.05, 0.1) is 6.42 Å². The Hall–Kier alpha value is -3.11. The molecule has 1 amide bonds. The van der Waals surface area contributed by atoms with Gasteiger partial charge >= 0.3 is 5.97 Å². The zero-order chi connectivity index (χ0) is 21.8. The zero-order valence-corrected chi connectivity index (χ0v) is 18.1. The molecule has 0 spiro atoms. The lowest BCUT2D eigenvalue weighted by Crippen LogP contribution is -2.65. The van der Waals surface area contributed by atoms with E-state index in [4.69, 9.17) is 16.3 Å². The molecule has 0 aromatic heterocycles. The van der Waals surface area contributed by atoms with E-state index >= 15 is 0 Å². The van der Waals surface area contributed by atoms with Crippen molar-refractivity contribution in [2.75, 3.05) is 6.54 Å². The monoisotopic (exact) mass is 433 g/mol. The van der Waals surface area contributed by atoms with Crippen LogP contribution in [0, 0.1) is 0 Å². The van der Waals surface area contributed by atoms with E-state index in [9.17, 15) is 9.59 Å². The molecule has 31 heavy (non-hydrogen) atoms. The molecule has 4 nitrogen and oxygen atoms in total. The Bertz CT molecular complexity index is 1080. The Balaban J connectivity index is 1.39. The van der Waals surface area contributed by atoms with Gasteiger partial charge < -0.3 is 9.64 Å². The second kappa shape index (κ2) is 8.94. The quantitative estimate of drug-likeness (QED) is 0.496. The smallest absolute Gasteiger partial charge is 0.332 e. The van der Waals surface area contributed by atoms with Crippen LogP contribution >= 0.6 is 11.6 Å². The van der Waals surface area contributed by atoms with Crippen LogP contribution in [0.3, 0.4) is 0 Å². The maximum atomic E-state index is 13.0. The number of amides is 1. The lowest BCUT2D eigenvalue weighted by molar-refractivity contribution is -0.174. The summed E-state index contributed by atoms with van der Waals surface area (Å²) in [6, 6.07) is 25.2. The molecule has 1 saturated heterocycles. The summed E-state index contributed by atoms with van der Waals surface area (Å²) in [5, 5.41) is 0.633. The third kappa shape index (κ3) is 4.64. The summed E-state index contributed by atoms with van der Waals surface area (Å²) in [7, 11) is 0. The molecule has 158 valence electrons. The molecule has 0 saturated carbocycles. The fraction of sp³-hybridized carbons (Fsp3) is 0.231. The highest BCUT2D eigenvalue weighted by Crippen LogP contribution is 2.33. The summed E-state index contributed by atoms with van der Waals surface area (Å²) in [6.45, 7) is 2.50. The largest absolute Gasteiger partial charge is 0.459 e. The van der Waals surface area contributed by atoms with E-state index in [1.807, 2.05) is 66.7 Å². The number of carbonyl (C=O) groups is 2. The molecule has 4 rings (SSSR count). The van der Waals surface area contributed by atoms with E-state index in [0.29, 0.717) is 18.0 Å². The maximum Gasteiger partial charge on any atom is 0.332 e. The molecular weight excluding hydrogens is 410 g/mol. The van der Waals surface area contributed by atoms with Crippen molar-refractivity contribution in [3.05, 3.63) is 95.0 Å². The number of hydrogen-bond acceptors (Lipinski definition) is 3. The van der Waals surface area contributed by atoms with Gasteiger partial charge in [-0.15, -0.1) is 0 Å². The van der Waals surface area contributed by atoms with Crippen molar-refractivity contribution in [1.29, 1.82) is 0 Å². The van der Waals surface area contributed by atoms with E-state index in [1.165, 1.54) is 0 Å². The first-order valence-corrected chi connectivity index (χ1v) is 10.7. The highest BCUT2D eigenvalue weighted by molar-refractivity contribution is 6.30. The van der Waals surface area contributed by atoms with Crippen molar-refractivity contribution in [3.8, 4) is 11.1 Å². The van der Waals surface area contributed by atoms with E-state index in [2.05, 4.69) is 0 Å². The van der Waals surface area contributed by atoms with Crippen LogP contribution in [0.2, 0.25) is 5.02 Å². The Morgan fingerprint density at radius 3 is 2.32 bits per heavy atom. The van der Waals surface area contributed by atoms with Gasteiger partial charge in [0, 0.05) is 11.6 Å². The number of esters is 1. The summed E-state index contributed by atoms with van der Waals surface area (Å²) in [5.74, 6) is -0.442. The fourth-order valence-corrected chi connectivity index (χ4v) is 3.94. The molecule has 3 aromatic carbocycles. The lowest BCUT2D eigenvalue weighted by atomic mass is 9.86. The molecule has 1 aliphatic heterocycles. The van der Waals surface area contributed by atoms with Crippen LogP contribution in [0.15, 0.2) is 78.9 Å². The lowest BCUT2D eigenvalue weighted by Gasteiger charge is -2.48. The summed E-state index contributed by atoms with van der Waals surface area (Å²) < 4.78 is 5.51. The number of benzene rings is 3. The van der Waals surface area contributed by atoms with Crippen molar-refractivity contribution in [2.24, 2.45) is 0 Å². The van der Waals surface area contributed by atoms with Crippen molar-refractivity contribution in [2.45, 2.75) is 31.9 Å². The molecule has 1 atom stereocenters. The Morgan fingerprint density at radius 2 is 1.65 bits per heavy atom. The van der Waals surface area contributed by atoms with E-state index < -0.39 is 5.54 Å². The highest BCUT2D eigenvalue weighted by Gasteiger charge is 2.50. The van der Waals surface area contributed by atoms with Gasteiger partial charge in [-0.05, 0) is 47.7 Å². The van der Waals surface area contributed by atoms with Crippen LogP contribution in [0.5, 0.6) is 0 Å². The van der Waals surface area contributed by atoms with Gasteiger partial charge in [-0.1, -0.05) is 78.3 Å². The van der Waals surface area contributed by atoms with Gasteiger partial charge in [0.25, 0.3) is 0 Å². The predicted molar refractivity (Wildman–Crippen MR) is 122 cm³/mol. The van der Waals surface area contributed by atoms with Crippen molar-refractivity contribution in [3.63, 3.8) is 0 Å². The molecule has 1 fully saturated rings. The minimum atomic E-state index is -0.916. The van der Waals surface area contributed by atoms with Crippen molar-refractivity contribution < 1.29 is 14.3 Å². The number of hydrogen-bond donors (Lipinski definition) is 0. The second-order valence-electron chi connectivity index (χ2n) is 8.02. The molecular formula is C26H24ClNO3. The third-order valence-electron chi connectivity index (χ3n) is 5.83. The van der Waals surface area contributed by atoms with Gasteiger partial charge in [-0.2, -0.15) is 0 Å². The van der Waals surface area contributed by atoms with E-state index in [1.54, 1.807) is 24.0 Å². The summed E-state index contributed by atoms with van der Waals surface area (Å²) in [4.78, 5) is 27.4. The highest BCUT2D eigenvalue weighted by atomic mass is 35.5. The predicted octanol–water partition coefficient (Wildman–Crippen LogP) is 5.28. The number of halogens is 1. The fourth-order valence-electron chi connectivity index (χ4n) is 3.82. The molecule has 1 aliphatic rings. The van der Waals surface area contributed by atoms with Crippen LogP contribution in [-0.4, -0.2) is 28.9 Å². The van der Waals surface area contributed by atoms with Crippen molar-refractivity contribution >= 4 is 23.5 Å². The van der Waals surface area contributed by atoms with Gasteiger partial charge in [-0.25, -0.2) is 4.79 Å². The summed E-state index contributed by atoms with van der Waals surface area (Å²) in [5.41, 5.74) is 3.04. The molecule has 0 bridgehead atoms. The molecule has 5 heteroatoms. The van der Waals surface area contributed by atoms with Crippen LogP contribution in [0.25, 0.3) is 11.1 Å². The molecule has 0 N–H and O–H groups in total. The van der Waals surface area contributed by atoms with Gasteiger partial charge in [0.1, 0.15) is 12.1 Å². The van der Waals surface area contributed by atoms with Crippen LogP contribution < -0.4 is 0 Å². The summed E-state index contributed by atoms with van der Waals surface area (Å²) in [6.07, 6.45) is 0.850. The van der Waals surface area contributed by atoms with Crippen molar-refractivity contribution in [1.82, 2.24) is 4.90 Å². The minimum absolute atomic E-state index is 0.0672.